The Balaban J connectivity index is 2.31. The van der Waals surface area contributed by atoms with Gasteiger partial charge >= 0.3 is 5.97 Å². The Morgan fingerprint density at radius 1 is 1.32 bits per heavy atom. The molecule has 1 aromatic carbocycles. The Bertz CT molecular complexity index is 604. The molecule has 0 aliphatic rings. The zero-order valence-electron chi connectivity index (χ0n) is 11.0. The number of methoxy groups -OCH3 is 1. The largest absolute Gasteiger partial charge is 0.468 e. The number of likely N-dealkylation sites (N-methyl/N-ethyl adjacent to an activating group) is 1. The number of rotatable bonds is 4. The number of H-pyrrole nitrogens is 1. The predicted octanol–water partition coefficient (Wildman–Crippen LogP) is 1.80. The Kier molecular flexibility index (Phi) is 3.85. The third-order valence-electron chi connectivity index (χ3n) is 3.04. The molecular formula is C14H16N2O3. The normalized spacial score (nSPS) is 10.4. The van der Waals surface area contributed by atoms with Crippen molar-refractivity contribution in [3.8, 4) is 0 Å². The molecule has 1 aromatic heterocycles. The highest BCUT2D eigenvalue weighted by atomic mass is 16.5. The third-order valence-corrected chi connectivity index (χ3v) is 3.04. The molecule has 0 aliphatic heterocycles. The van der Waals surface area contributed by atoms with E-state index in [9.17, 15) is 9.59 Å². The van der Waals surface area contributed by atoms with Crippen molar-refractivity contribution in [1.82, 2.24) is 9.88 Å². The molecule has 0 atom stereocenters. The molecule has 0 unspecified atom stereocenters. The van der Waals surface area contributed by atoms with Crippen LogP contribution in [0.2, 0.25) is 0 Å². The summed E-state index contributed by atoms with van der Waals surface area (Å²) in [5.74, 6) is -0.588. The average molecular weight is 260 g/mol. The summed E-state index contributed by atoms with van der Waals surface area (Å²) in [7, 11) is 1.31. The molecule has 2 aromatic rings. The summed E-state index contributed by atoms with van der Waals surface area (Å²) in [6.45, 7) is 2.25. The van der Waals surface area contributed by atoms with Crippen LogP contribution in [0.15, 0.2) is 30.5 Å². The van der Waals surface area contributed by atoms with Crippen molar-refractivity contribution in [2.45, 2.75) is 6.92 Å². The zero-order chi connectivity index (χ0) is 13.8. The maximum absolute atomic E-state index is 12.4. The number of nitrogens with zero attached hydrogens (tertiary/aromatic N) is 1. The first-order valence-electron chi connectivity index (χ1n) is 6.09. The second-order valence-electron chi connectivity index (χ2n) is 4.14. The number of benzene rings is 1. The van der Waals surface area contributed by atoms with Crippen LogP contribution in [-0.2, 0) is 9.53 Å². The molecule has 0 saturated heterocycles. The lowest BCUT2D eigenvalue weighted by molar-refractivity contribution is -0.141. The first-order valence-corrected chi connectivity index (χ1v) is 6.09. The van der Waals surface area contributed by atoms with Gasteiger partial charge in [-0.1, -0.05) is 6.07 Å². The molecule has 1 heterocycles. The van der Waals surface area contributed by atoms with Crippen molar-refractivity contribution >= 4 is 22.8 Å². The van der Waals surface area contributed by atoms with Crippen LogP contribution in [0.25, 0.3) is 10.9 Å². The molecule has 100 valence electrons. The summed E-state index contributed by atoms with van der Waals surface area (Å²) in [5, 5.41) is 0.857. The fourth-order valence-electron chi connectivity index (χ4n) is 1.99. The standard InChI is InChI=1S/C14H16N2O3/c1-3-16(9-13(17)19-2)14(18)11-5-4-6-12-10(11)7-8-15-12/h4-8,15H,3,9H2,1-2H3. The first-order chi connectivity index (χ1) is 9.17. The van der Waals surface area contributed by atoms with E-state index >= 15 is 0 Å². The maximum Gasteiger partial charge on any atom is 0.325 e. The summed E-state index contributed by atoms with van der Waals surface area (Å²) >= 11 is 0. The fourth-order valence-corrected chi connectivity index (χ4v) is 1.99. The molecule has 1 amide bonds. The maximum atomic E-state index is 12.4. The number of hydrogen-bond donors (Lipinski definition) is 1. The van der Waals surface area contributed by atoms with Crippen LogP contribution >= 0.6 is 0 Å². The molecule has 0 saturated carbocycles. The van der Waals surface area contributed by atoms with E-state index in [2.05, 4.69) is 9.72 Å². The fraction of sp³-hybridized carbons (Fsp3) is 0.286. The van der Waals surface area contributed by atoms with Crippen LogP contribution in [0.5, 0.6) is 0 Å². The van der Waals surface area contributed by atoms with Gasteiger partial charge in [0.15, 0.2) is 0 Å². The molecule has 0 radical (unpaired) electrons. The number of ether oxygens (including phenoxy) is 1. The minimum absolute atomic E-state index is 0.0351. The average Bonchev–Trinajstić information content (AvgIpc) is 2.91. The predicted molar refractivity (Wildman–Crippen MR) is 71.9 cm³/mol. The van der Waals surface area contributed by atoms with Gasteiger partial charge in [0.25, 0.3) is 5.91 Å². The van der Waals surface area contributed by atoms with E-state index in [0.29, 0.717) is 12.1 Å². The van der Waals surface area contributed by atoms with E-state index in [1.165, 1.54) is 12.0 Å². The quantitative estimate of drug-likeness (QED) is 0.853. The van der Waals surface area contributed by atoms with Gasteiger partial charge in [0.2, 0.25) is 0 Å². The minimum Gasteiger partial charge on any atom is -0.468 e. The number of nitrogens with one attached hydrogen (secondary N) is 1. The van der Waals surface area contributed by atoms with Gasteiger partial charge in [-0.25, -0.2) is 0 Å². The van der Waals surface area contributed by atoms with Crippen LogP contribution in [0.1, 0.15) is 17.3 Å². The number of aromatic amines is 1. The lowest BCUT2D eigenvalue weighted by Gasteiger charge is -2.19. The van der Waals surface area contributed by atoms with Crippen molar-refractivity contribution < 1.29 is 14.3 Å². The Hall–Kier alpha value is -2.30. The highest BCUT2D eigenvalue weighted by Gasteiger charge is 2.19. The summed E-state index contributed by atoms with van der Waals surface area (Å²) in [5.41, 5.74) is 1.49. The van der Waals surface area contributed by atoms with Gasteiger partial charge in [-0.15, -0.1) is 0 Å². The Morgan fingerprint density at radius 3 is 2.79 bits per heavy atom. The van der Waals surface area contributed by atoms with Crippen LogP contribution in [0.3, 0.4) is 0 Å². The van der Waals surface area contributed by atoms with Crippen LogP contribution in [-0.4, -0.2) is 42.0 Å². The van der Waals surface area contributed by atoms with E-state index in [1.54, 1.807) is 12.3 Å². The molecule has 0 fully saturated rings. The number of carbonyl (C=O) groups is 2. The van der Waals surface area contributed by atoms with Crippen molar-refractivity contribution in [3.05, 3.63) is 36.0 Å². The minimum atomic E-state index is -0.420. The number of aromatic nitrogens is 1. The molecule has 5 nitrogen and oxygen atoms in total. The van der Waals surface area contributed by atoms with E-state index in [-0.39, 0.29) is 12.5 Å². The summed E-state index contributed by atoms with van der Waals surface area (Å²) < 4.78 is 4.60. The Morgan fingerprint density at radius 2 is 2.11 bits per heavy atom. The second kappa shape index (κ2) is 5.56. The molecule has 5 heteroatoms. The molecule has 19 heavy (non-hydrogen) atoms. The third kappa shape index (κ3) is 2.59. The smallest absolute Gasteiger partial charge is 0.325 e. The van der Waals surface area contributed by atoms with Crippen molar-refractivity contribution in [2.75, 3.05) is 20.2 Å². The monoisotopic (exact) mass is 260 g/mol. The van der Waals surface area contributed by atoms with Crippen LogP contribution in [0, 0.1) is 0 Å². The molecule has 0 spiro atoms. The summed E-state index contributed by atoms with van der Waals surface area (Å²) in [6, 6.07) is 7.34. The summed E-state index contributed by atoms with van der Waals surface area (Å²) in [6.07, 6.45) is 1.79. The second-order valence-corrected chi connectivity index (χ2v) is 4.14. The van der Waals surface area contributed by atoms with Gasteiger partial charge in [0.1, 0.15) is 6.54 Å². The lowest BCUT2D eigenvalue weighted by atomic mass is 10.1. The summed E-state index contributed by atoms with van der Waals surface area (Å²) in [4.78, 5) is 28.3. The van der Waals surface area contributed by atoms with E-state index in [0.717, 1.165) is 10.9 Å². The lowest BCUT2D eigenvalue weighted by Crippen LogP contribution is -2.36. The number of carbonyl (C=O) groups excluding carboxylic acids is 2. The molecule has 2 rings (SSSR count). The van der Waals surface area contributed by atoms with Gasteiger partial charge < -0.3 is 14.6 Å². The molecule has 1 N–H and O–H groups in total. The molecular weight excluding hydrogens is 244 g/mol. The molecule has 0 aliphatic carbocycles. The van der Waals surface area contributed by atoms with Crippen molar-refractivity contribution in [1.29, 1.82) is 0 Å². The number of hydrogen-bond acceptors (Lipinski definition) is 3. The first kappa shape index (κ1) is 13.1. The van der Waals surface area contributed by atoms with E-state index in [1.807, 2.05) is 25.1 Å². The number of fused-ring (bicyclic) bond motifs is 1. The topological polar surface area (TPSA) is 62.4 Å². The number of amides is 1. The van der Waals surface area contributed by atoms with Gasteiger partial charge in [0, 0.05) is 29.2 Å². The van der Waals surface area contributed by atoms with Crippen molar-refractivity contribution in [3.63, 3.8) is 0 Å². The highest BCUT2D eigenvalue weighted by molar-refractivity contribution is 6.07. The van der Waals surface area contributed by atoms with E-state index < -0.39 is 5.97 Å². The molecule has 0 bridgehead atoms. The number of esters is 1. The Labute approximate surface area is 111 Å². The van der Waals surface area contributed by atoms with E-state index in [4.69, 9.17) is 0 Å². The van der Waals surface area contributed by atoms with Crippen LogP contribution < -0.4 is 0 Å². The SMILES string of the molecule is CCN(CC(=O)OC)C(=O)c1cccc2[nH]ccc12. The zero-order valence-corrected chi connectivity index (χ0v) is 11.0. The van der Waals surface area contributed by atoms with Gasteiger partial charge in [-0.2, -0.15) is 0 Å². The van der Waals surface area contributed by atoms with Gasteiger partial charge in [-0.3, -0.25) is 9.59 Å². The van der Waals surface area contributed by atoms with Crippen LogP contribution in [0.4, 0.5) is 0 Å². The highest BCUT2D eigenvalue weighted by Crippen LogP contribution is 2.19. The van der Waals surface area contributed by atoms with Crippen molar-refractivity contribution in [2.24, 2.45) is 0 Å². The van der Waals surface area contributed by atoms with Gasteiger partial charge in [-0.05, 0) is 25.1 Å². The van der Waals surface area contributed by atoms with Gasteiger partial charge in [0.05, 0.1) is 7.11 Å².